The number of allylic oxidation sites excluding steroid dienone is 16. The van der Waals surface area contributed by atoms with Gasteiger partial charge < -0.3 is 23.8 Å². The van der Waals surface area contributed by atoms with E-state index in [0.29, 0.717) is 19.3 Å². The SMILES string of the molecule is CC/C=C/C/C=C/C/C=C/C/C=C/C/C=C/C/C=C/CCCCCCC(=O)OCC(COCCC(C(=O)O)[N+](C)(C)C)OC(=O)CCCCCCCCC/C=C/C/C=C/CCCCC. The van der Waals surface area contributed by atoms with Gasteiger partial charge >= 0.3 is 17.9 Å². The molecule has 364 valence electrons. The summed E-state index contributed by atoms with van der Waals surface area (Å²) in [6.07, 6.45) is 61.6. The van der Waals surface area contributed by atoms with Gasteiger partial charge in [-0.3, -0.25) is 9.59 Å². The smallest absolute Gasteiger partial charge is 0.362 e. The van der Waals surface area contributed by atoms with Crippen LogP contribution in [0.2, 0.25) is 0 Å². The Morgan fingerprint density at radius 1 is 0.484 bits per heavy atom. The van der Waals surface area contributed by atoms with Crippen molar-refractivity contribution in [1.29, 1.82) is 0 Å². The van der Waals surface area contributed by atoms with Crippen LogP contribution in [0.5, 0.6) is 0 Å². The molecule has 0 aliphatic carbocycles. The summed E-state index contributed by atoms with van der Waals surface area (Å²) in [6, 6.07) is -0.626. The Morgan fingerprint density at radius 3 is 1.30 bits per heavy atom. The molecule has 0 rings (SSSR count). The average Bonchev–Trinajstić information content (AvgIpc) is 3.26. The highest BCUT2D eigenvalue weighted by molar-refractivity contribution is 5.72. The minimum absolute atomic E-state index is 0.0437. The van der Waals surface area contributed by atoms with E-state index >= 15 is 0 Å². The second kappa shape index (κ2) is 45.8. The quantitative estimate of drug-likeness (QED) is 0.0281. The first-order valence-corrected chi connectivity index (χ1v) is 25.3. The lowest BCUT2D eigenvalue weighted by atomic mass is 10.1. The van der Waals surface area contributed by atoms with Gasteiger partial charge in [0.2, 0.25) is 0 Å². The van der Waals surface area contributed by atoms with Crippen molar-refractivity contribution < 1.29 is 38.2 Å². The van der Waals surface area contributed by atoms with Gasteiger partial charge in [0.25, 0.3) is 0 Å². The largest absolute Gasteiger partial charge is 0.477 e. The maximum Gasteiger partial charge on any atom is 0.362 e. The number of ether oxygens (including phenoxy) is 3. The van der Waals surface area contributed by atoms with Crippen molar-refractivity contribution in [2.75, 3.05) is 41.0 Å². The van der Waals surface area contributed by atoms with Gasteiger partial charge in [-0.15, -0.1) is 0 Å². The zero-order valence-corrected chi connectivity index (χ0v) is 41.4. The lowest BCUT2D eigenvalue weighted by Crippen LogP contribution is -2.50. The Kier molecular flexibility index (Phi) is 43.1. The van der Waals surface area contributed by atoms with Crippen molar-refractivity contribution in [3.8, 4) is 0 Å². The molecule has 0 saturated carbocycles. The molecule has 64 heavy (non-hydrogen) atoms. The first-order valence-electron chi connectivity index (χ1n) is 25.3. The fourth-order valence-electron chi connectivity index (χ4n) is 6.83. The predicted molar refractivity (Wildman–Crippen MR) is 270 cm³/mol. The first kappa shape index (κ1) is 60.2. The van der Waals surface area contributed by atoms with Gasteiger partial charge in [-0.2, -0.15) is 0 Å². The van der Waals surface area contributed by atoms with Crippen LogP contribution in [0.15, 0.2) is 97.2 Å². The van der Waals surface area contributed by atoms with Gasteiger partial charge in [-0.25, -0.2) is 4.79 Å². The number of esters is 2. The minimum atomic E-state index is -0.884. The number of hydrogen-bond donors (Lipinski definition) is 1. The molecule has 1 N–H and O–H groups in total. The highest BCUT2D eigenvalue weighted by atomic mass is 16.6. The van der Waals surface area contributed by atoms with Crippen molar-refractivity contribution in [1.82, 2.24) is 0 Å². The van der Waals surface area contributed by atoms with Crippen molar-refractivity contribution in [3.05, 3.63) is 97.2 Å². The van der Waals surface area contributed by atoms with E-state index in [9.17, 15) is 19.5 Å². The average molecular weight is 893 g/mol. The maximum atomic E-state index is 12.8. The summed E-state index contributed by atoms with van der Waals surface area (Å²) >= 11 is 0. The summed E-state index contributed by atoms with van der Waals surface area (Å²) in [5, 5.41) is 9.65. The molecule has 0 aromatic heterocycles. The van der Waals surface area contributed by atoms with E-state index in [-0.39, 0.29) is 36.2 Å². The Hall–Kier alpha value is -3.75. The van der Waals surface area contributed by atoms with E-state index in [0.717, 1.165) is 103 Å². The molecule has 0 aromatic carbocycles. The van der Waals surface area contributed by atoms with Crippen molar-refractivity contribution >= 4 is 17.9 Å². The number of carboxylic acids is 1. The fraction of sp³-hybridized carbons (Fsp3) is 0.661. The summed E-state index contributed by atoms with van der Waals surface area (Å²) in [5.41, 5.74) is 0. The standard InChI is InChI=1S/C56H93NO7/c1-6-8-10-12-14-16-18-20-22-24-25-26-27-28-29-31-32-34-36-38-40-42-44-46-54(58)63-51-52(50-62-49-48-53(56(60)61)57(3,4)5)64-55(59)47-45-43-41-39-37-35-33-30-23-21-19-17-15-13-11-9-7-2/h8,10,14-17,20-23,25-26,28-29,32,34,52-53H,6-7,9,11-13,18-19,24,27,30-31,33,35-51H2,1-5H3/p+1/b10-8+,16-14+,17-15+,22-20+,23-21+,26-25+,29-28+,34-32+. The van der Waals surface area contributed by atoms with Crippen LogP contribution in [0.4, 0.5) is 0 Å². The van der Waals surface area contributed by atoms with Crippen molar-refractivity contribution in [2.24, 2.45) is 0 Å². The third-order valence-electron chi connectivity index (χ3n) is 10.7. The summed E-state index contributed by atoms with van der Waals surface area (Å²) in [5.74, 6) is -1.52. The molecule has 0 spiro atoms. The van der Waals surface area contributed by atoms with E-state index in [2.05, 4.69) is 111 Å². The van der Waals surface area contributed by atoms with Crippen LogP contribution in [0.25, 0.3) is 0 Å². The molecule has 0 amide bonds. The number of carbonyl (C=O) groups excluding carboxylic acids is 2. The third kappa shape index (κ3) is 43.5. The number of carbonyl (C=O) groups is 3. The molecule has 2 unspecified atom stereocenters. The molecule has 2 atom stereocenters. The molecule has 0 radical (unpaired) electrons. The number of quaternary nitrogens is 1. The minimum Gasteiger partial charge on any atom is -0.477 e. The summed E-state index contributed by atoms with van der Waals surface area (Å²) < 4.78 is 17.3. The third-order valence-corrected chi connectivity index (χ3v) is 10.7. The van der Waals surface area contributed by atoms with Crippen LogP contribution in [-0.4, -0.2) is 80.6 Å². The zero-order valence-electron chi connectivity index (χ0n) is 41.4. The molecular formula is C56H94NO7+. The van der Waals surface area contributed by atoms with Crippen LogP contribution in [0, 0.1) is 0 Å². The van der Waals surface area contributed by atoms with Gasteiger partial charge in [0, 0.05) is 19.3 Å². The first-order chi connectivity index (χ1) is 31.1. The van der Waals surface area contributed by atoms with Crippen LogP contribution in [-0.2, 0) is 28.6 Å². The topological polar surface area (TPSA) is 99.1 Å². The van der Waals surface area contributed by atoms with Gasteiger partial charge in [0.1, 0.15) is 6.61 Å². The maximum absolute atomic E-state index is 12.8. The van der Waals surface area contributed by atoms with Gasteiger partial charge in [-0.05, 0) is 96.3 Å². The van der Waals surface area contributed by atoms with Crippen LogP contribution >= 0.6 is 0 Å². The van der Waals surface area contributed by atoms with Gasteiger partial charge in [0.05, 0.1) is 34.4 Å². The number of hydrogen-bond acceptors (Lipinski definition) is 6. The molecule has 0 saturated heterocycles. The second-order valence-electron chi connectivity index (χ2n) is 17.7. The van der Waals surface area contributed by atoms with Crippen LogP contribution in [0.3, 0.4) is 0 Å². The predicted octanol–water partition coefficient (Wildman–Crippen LogP) is 14.6. The van der Waals surface area contributed by atoms with E-state index in [1.165, 1.54) is 51.4 Å². The number of carboxylic acid groups (broad SMARTS) is 1. The van der Waals surface area contributed by atoms with Gasteiger partial charge in [0.15, 0.2) is 12.1 Å². The van der Waals surface area contributed by atoms with Crippen LogP contribution in [0.1, 0.15) is 187 Å². The molecule has 0 heterocycles. The fourth-order valence-corrected chi connectivity index (χ4v) is 6.83. The molecule has 0 fully saturated rings. The lowest BCUT2D eigenvalue weighted by Gasteiger charge is -2.31. The summed E-state index contributed by atoms with van der Waals surface area (Å²) in [4.78, 5) is 37.1. The molecule has 8 nitrogen and oxygen atoms in total. The number of aliphatic carboxylic acids is 1. The van der Waals surface area contributed by atoms with E-state index in [1.807, 2.05) is 21.1 Å². The monoisotopic (exact) mass is 893 g/mol. The number of rotatable bonds is 44. The van der Waals surface area contributed by atoms with E-state index < -0.39 is 18.1 Å². The Labute approximate surface area is 392 Å². The Balaban J connectivity index is 4.34. The van der Waals surface area contributed by atoms with E-state index in [1.54, 1.807) is 0 Å². The molecular weight excluding hydrogens is 799 g/mol. The van der Waals surface area contributed by atoms with Gasteiger partial charge in [-0.1, -0.05) is 169 Å². The molecule has 0 aliphatic rings. The molecule has 0 bridgehead atoms. The number of unbranched alkanes of at least 4 members (excludes halogenated alkanes) is 14. The summed E-state index contributed by atoms with van der Waals surface area (Å²) in [6.45, 7) is 4.55. The Bertz CT molecular complexity index is 1360. The molecule has 0 aliphatic heterocycles. The Morgan fingerprint density at radius 2 is 0.875 bits per heavy atom. The van der Waals surface area contributed by atoms with E-state index in [4.69, 9.17) is 14.2 Å². The zero-order chi connectivity index (χ0) is 47.0. The highest BCUT2D eigenvalue weighted by Crippen LogP contribution is 2.13. The summed E-state index contributed by atoms with van der Waals surface area (Å²) in [7, 11) is 5.51. The lowest BCUT2D eigenvalue weighted by molar-refractivity contribution is -0.887. The number of nitrogens with zero attached hydrogens (tertiary/aromatic N) is 1. The number of likely N-dealkylation sites (N-methyl/N-ethyl adjacent to an activating group) is 1. The van der Waals surface area contributed by atoms with Crippen LogP contribution < -0.4 is 0 Å². The van der Waals surface area contributed by atoms with Crippen molar-refractivity contribution in [3.63, 3.8) is 0 Å². The molecule has 8 heteroatoms. The highest BCUT2D eigenvalue weighted by Gasteiger charge is 2.31. The second-order valence-corrected chi connectivity index (χ2v) is 17.7. The normalized spacial score (nSPS) is 13.7. The molecule has 0 aromatic rings. The van der Waals surface area contributed by atoms with Crippen molar-refractivity contribution in [2.45, 2.75) is 199 Å².